The Balaban J connectivity index is 1.98. The van der Waals surface area contributed by atoms with Crippen LogP contribution in [0.2, 0.25) is 0 Å². The number of hydrogen-bond acceptors (Lipinski definition) is 5. The lowest BCUT2D eigenvalue weighted by Gasteiger charge is -2.12. The zero-order chi connectivity index (χ0) is 18.4. The summed E-state index contributed by atoms with van der Waals surface area (Å²) in [5.41, 5.74) is 1.60. The molecule has 0 aliphatic rings. The minimum absolute atomic E-state index is 0.148. The summed E-state index contributed by atoms with van der Waals surface area (Å²) in [4.78, 5) is 0.288. The van der Waals surface area contributed by atoms with Gasteiger partial charge in [0.15, 0.2) is 0 Å². The van der Waals surface area contributed by atoms with E-state index in [1.807, 2.05) is 13.0 Å². The Kier molecular flexibility index (Phi) is 6.27. The Morgan fingerprint density at radius 3 is 2.12 bits per heavy atom. The Hall–Kier alpha value is -2.25. The maximum atomic E-state index is 12.4. The van der Waals surface area contributed by atoms with Gasteiger partial charge in [0.1, 0.15) is 23.9 Å². The molecule has 2 aromatic carbocycles. The lowest BCUT2D eigenvalue weighted by molar-refractivity contribution is 0.316. The first-order valence-corrected chi connectivity index (χ1v) is 9.27. The van der Waals surface area contributed by atoms with Crippen molar-refractivity contribution in [1.82, 2.24) is 4.72 Å². The lowest BCUT2D eigenvalue weighted by Crippen LogP contribution is -2.28. The van der Waals surface area contributed by atoms with Gasteiger partial charge in [-0.15, -0.1) is 0 Å². The molecule has 25 heavy (non-hydrogen) atoms. The molecule has 2 rings (SSSR count). The van der Waals surface area contributed by atoms with Crippen molar-refractivity contribution >= 4 is 10.0 Å². The van der Waals surface area contributed by atoms with Crippen LogP contribution in [0.4, 0.5) is 0 Å². The van der Waals surface area contributed by atoms with Crippen molar-refractivity contribution in [1.29, 1.82) is 0 Å². The van der Waals surface area contributed by atoms with E-state index in [9.17, 15) is 8.42 Å². The third-order valence-electron chi connectivity index (χ3n) is 3.62. The predicted octanol–water partition coefficient (Wildman–Crippen LogP) is 2.68. The van der Waals surface area contributed by atoms with Crippen molar-refractivity contribution in [3.8, 4) is 17.2 Å². The van der Waals surface area contributed by atoms with Crippen LogP contribution >= 0.6 is 0 Å². The van der Waals surface area contributed by atoms with E-state index in [1.54, 1.807) is 51.5 Å². The van der Waals surface area contributed by atoms with Gasteiger partial charge in [-0.3, -0.25) is 0 Å². The van der Waals surface area contributed by atoms with Gasteiger partial charge in [-0.05, 0) is 31.0 Å². The molecule has 136 valence electrons. The summed E-state index contributed by atoms with van der Waals surface area (Å²) in [6.07, 6.45) is 0. The highest BCUT2D eigenvalue weighted by Gasteiger charge is 2.16. The van der Waals surface area contributed by atoms with Gasteiger partial charge in [0, 0.05) is 24.7 Å². The van der Waals surface area contributed by atoms with Crippen molar-refractivity contribution in [2.24, 2.45) is 0 Å². The summed E-state index contributed by atoms with van der Waals surface area (Å²) in [6.45, 7) is 3.96. The SMILES string of the molecule is COc1cc(OC)cc(OCCNS(=O)(=O)c2cc(C)ccc2C)c1. The largest absolute Gasteiger partial charge is 0.496 e. The predicted molar refractivity (Wildman–Crippen MR) is 96.1 cm³/mol. The van der Waals surface area contributed by atoms with Crippen molar-refractivity contribution < 1.29 is 22.6 Å². The first-order chi connectivity index (χ1) is 11.9. The molecule has 1 N–H and O–H groups in total. The van der Waals surface area contributed by atoms with E-state index in [4.69, 9.17) is 14.2 Å². The molecule has 2 aromatic rings. The van der Waals surface area contributed by atoms with E-state index in [0.29, 0.717) is 22.8 Å². The second kappa shape index (κ2) is 8.22. The highest BCUT2D eigenvalue weighted by atomic mass is 32.2. The molecule has 0 aromatic heterocycles. The molecule has 0 amide bonds. The summed E-state index contributed by atoms with van der Waals surface area (Å²) in [5.74, 6) is 1.75. The van der Waals surface area contributed by atoms with Gasteiger partial charge in [0.2, 0.25) is 10.0 Å². The third kappa shape index (κ3) is 5.11. The molecule has 0 unspecified atom stereocenters. The Bertz CT molecular complexity index is 811. The molecule has 0 fully saturated rings. The maximum absolute atomic E-state index is 12.4. The molecule has 0 aliphatic heterocycles. The van der Waals surface area contributed by atoms with E-state index in [-0.39, 0.29) is 18.0 Å². The Labute approximate surface area is 148 Å². The Morgan fingerprint density at radius 1 is 0.920 bits per heavy atom. The van der Waals surface area contributed by atoms with Crippen LogP contribution in [0.5, 0.6) is 17.2 Å². The van der Waals surface area contributed by atoms with Crippen molar-refractivity contribution in [3.63, 3.8) is 0 Å². The molecule has 0 saturated carbocycles. The lowest BCUT2D eigenvalue weighted by atomic mass is 10.2. The molecule has 0 saturated heterocycles. The summed E-state index contributed by atoms with van der Waals surface area (Å²) in [5, 5.41) is 0. The van der Waals surface area contributed by atoms with Gasteiger partial charge in [0.05, 0.1) is 19.1 Å². The van der Waals surface area contributed by atoms with E-state index in [1.165, 1.54) is 0 Å². The standard InChI is InChI=1S/C18H23NO5S/c1-13-5-6-14(2)18(9-13)25(20,21)19-7-8-24-17-11-15(22-3)10-16(12-17)23-4/h5-6,9-12,19H,7-8H2,1-4H3. The number of benzene rings is 2. The molecular formula is C18H23NO5S. The van der Waals surface area contributed by atoms with Gasteiger partial charge in [-0.1, -0.05) is 12.1 Å². The van der Waals surface area contributed by atoms with E-state index >= 15 is 0 Å². The smallest absolute Gasteiger partial charge is 0.240 e. The average Bonchev–Trinajstić information content (AvgIpc) is 2.60. The van der Waals surface area contributed by atoms with Gasteiger partial charge >= 0.3 is 0 Å². The second-order valence-corrected chi connectivity index (χ2v) is 7.30. The number of rotatable bonds is 8. The highest BCUT2D eigenvalue weighted by molar-refractivity contribution is 7.89. The number of aryl methyl sites for hydroxylation is 2. The molecular weight excluding hydrogens is 342 g/mol. The topological polar surface area (TPSA) is 73.9 Å². The second-order valence-electron chi connectivity index (χ2n) is 5.56. The number of hydrogen-bond donors (Lipinski definition) is 1. The van der Waals surface area contributed by atoms with Gasteiger partial charge in [-0.25, -0.2) is 13.1 Å². The molecule has 0 radical (unpaired) electrons. The van der Waals surface area contributed by atoms with Crippen LogP contribution in [0.15, 0.2) is 41.3 Å². The molecule has 7 heteroatoms. The first kappa shape index (κ1) is 19.1. The van der Waals surface area contributed by atoms with Crippen LogP contribution < -0.4 is 18.9 Å². The zero-order valence-electron chi connectivity index (χ0n) is 14.8. The van der Waals surface area contributed by atoms with E-state index < -0.39 is 10.0 Å². The quantitative estimate of drug-likeness (QED) is 0.728. The number of nitrogens with one attached hydrogen (secondary N) is 1. The normalized spacial score (nSPS) is 11.2. The molecule has 0 heterocycles. The van der Waals surface area contributed by atoms with Crippen molar-refractivity contribution in [3.05, 3.63) is 47.5 Å². The minimum atomic E-state index is -3.57. The monoisotopic (exact) mass is 365 g/mol. The molecule has 0 atom stereocenters. The highest BCUT2D eigenvalue weighted by Crippen LogP contribution is 2.27. The zero-order valence-corrected chi connectivity index (χ0v) is 15.6. The van der Waals surface area contributed by atoms with Gasteiger partial charge < -0.3 is 14.2 Å². The number of ether oxygens (including phenoxy) is 3. The number of sulfonamides is 1. The van der Waals surface area contributed by atoms with Crippen LogP contribution in [0.3, 0.4) is 0 Å². The average molecular weight is 365 g/mol. The van der Waals surface area contributed by atoms with Crippen LogP contribution in [0.25, 0.3) is 0 Å². The number of methoxy groups -OCH3 is 2. The molecule has 0 bridgehead atoms. The van der Waals surface area contributed by atoms with Gasteiger partial charge in [0.25, 0.3) is 0 Å². The third-order valence-corrected chi connectivity index (χ3v) is 5.22. The Morgan fingerprint density at radius 2 is 1.52 bits per heavy atom. The molecule has 0 spiro atoms. The molecule has 6 nitrogen and oxygen atoms in total. The van der Waals surface area contributed by atoms with E-state index in [0.717, 1.165) is 5.56 Å². The van der Waals surface area contributed by atoms with Crippen molar-refractivity contribution in [2.75, 3.05) is 27.4 Å². The van der Waals surface area contributed by atoms with Crippen molar-refractivity contribution in [2.45, 2.75) is 18.7 Å². The van der Waals surface area contributed by atoms with Crippen LogP contribution in [0, 0.1) is 13.8 Å². The molecule has 0 aliphatic carbocycles. The van der Waals surface area contributed by atoms with E-state index in [2.05, 4.69) is 4.72 Å². The summed E-state index contributed by atoms with van der Waals surface area (Å²) in [6, 6.07) is 10.5. The summed E-state index contributed by atoms with van der Waals surface area (Å²) < 4.78 is 43.3. The summed E-state index contributed by atoms with van der Waals surface area (Å²) in [7, 11) is -0.468. The van der Waals surface area contributed by atoms with Crippen LogP contribution in [-0.2, 0) is 10.0 Å². The van der Waals surface area contributed by atoms with Gasteiger partial charge in [-0.2, -0.15) is 0 Å². The van der Waals surface area contributed by atoms with Crippen LogP contribution in [-0.4, -0.2) is 35.8 Å². The first-order valence-electron chi connectivity index (χ1n) is 7.78. The van der Waals surface area contributed by atoms with Crippen LogP contribution in [0.1, 0.15) is 11.1 Å². The summed E-state index contributed by atoms with van der Waals surface area (Å²) >= 11 is 0. The maximum Gasteiger partial charge on any atom is 0.240 e. The fourth-order valence-corrected chi connectivity index (χ4v) is 3.62. The minimum Gasteiger partial charge on any atom is -0.496 e. The fourth-order valence-electron chi connectivity index (χ4n) is 2.28. The fraction of sp³-hybridized carbons (Fsp3) is 0.333.